The Labute approximate surface area is 167 Å². The Balaban J connectivity index is 2.15. The number of Topliss-reactive ketones (excluding diaryl/α,β-unsaturated/α-hetero) is 1. The molecule has 3 rings (SSSR count). The van der Waals surface area contributed by atoms with Crippen LogP contribution in [0.5, 0.6) is 0 Å². The molecular formula is C22H24F3NO3. The molecule has 1 fully saturated rings. The molecule has 0 bridgehead atoms. The lowest BCUT2D eigenvalue weighted by atomic mass is 9.68. The monoisotopic (exact) mass is 407 g/mol. The van der Waals surface area contributed by atoms with Crippen LogP contribution >= 0.6 is 0 Å². The van der Waals surface area contributed by atoms with Crippen LogP contribution < -0.4 is 0 Å². The number of rotatable bonds is 5. The number of allylic oxidation sites excluding steroid dienone is 1. The summed E-state index contributed by atoms with van der Waals surface area (Å²) in [5, 5.41) is 0. The van der Waals surface area contributed by atoms with Crippen LogP contribution in [0.1, 0.15) is 63.0 Å². The Morgan fingerprint density at radius 1 is 1.21 bits per heavy atom. The summed E-state index contributed by atoms with van der Waals surface area (Å²) in [6, 6.07) is 5.15. The molecule has 0 saturated heterocycles. The molecule has 4 nitrogen and oxygen atoms in total. The van der Waals surface area contributed by atoms with E-state index in [0.29, 0.717) is 30.7 Å². The zero-order valence-electron chi connectivity index (χ0n) is 16.5. The molecule has 2 aliphatic rings. The molecule has 0 spiro atoms. The number of unbranched alkanes of at least 4 members (excludes halogenated alkanes) is 1. The van der Waals surface area contributed by atoms with Crippen molar-refractivity contribution in [2.45, 2.75) is 58.0 Å². The molecule has 29 heavy (non-hydrogen) atoms. The van der Waals surface area contributed by atoms with E-state index in [1.165, 1.54) is 18.2 Å². The van der Waals surface area contributed by atoms with Gasteiger partial charge in [0, 0.05) is 23.7 Å². The summed E-state index contributed by atoms with van der Waals surface area (Å²) in [6.07, 6.45) is -1.71. The maximum Gasteiger partial charge on any atom is 0.416 e. The quantitative estimate of drug-likeness (QED) is 0.496. The molecule has 156 valence electrons. The van der Waals surface area contributed by atoms with Crippen LogP contribution in [0.15, 0.2) is 40.5 Å². The molecule has 1 aliphatic heterocycles. The van der Waals surface area contributed by atoms with E-state index in [4.69, 9.17) is 4.74 Å². The van der Waals surface area contributed by atoms with E-state index < -0.39 is 29.5 Å². The van der Waals surface area contributed by atoms with Gasteiger partial charge in [0.2, 0.25) is 0 Å². The van der Waals surface area contributed by atoms with Gasteiger partial charge >= 0.3 is 12.1 Å². The number of hydrogen-bond acceptors (Lipinski definition) is 4. The fourth-order valence-electron chi connectivity index (χ4n) is 4.13. The number of alkyl halides is 3. The van der Waals surface area contributed by atoms with Crippen molar-refractivity contribution in [1.29, 1.82) is 0 Å². The molecule has 0 N–H and O–H groups in total. The number of esters is 1. The number of carbonyl (C=O) groups excluding carboxylic acids is 2. The van der Waals surface area contributed by atoms with Gasteiger partial charge in [-0.3, -0.25) is 9.79 Å². The van der Waals surface area contributed by atoms with E-state index in [1.54, 1.807) is 6.92 Å². The highest BCUT2D eigenvalue weighted by molar-refractivity contribution is 6.11. The third kappa shape index (κ3) is 4.28. The molecule has 7 heteroatoms. The summed E-state index contributed by atoms with van der Waals surface area (Å²) < 4.78 is 46.6. The first-order valence-electron chi connectivity index (χ1n) is 9.89. The van der Waals surface area contributed by atoms with Gasteiger partial charge in [0.1, 0.15) is 5.78 Å². The van der Waals surface area contributed by atoms with E-state index >= 15 is 0 Å². The van der Waals surface area contributed by atoms with Gasteiger partial charge in [-0.05, 0) is 37.8 Å². The summed E-state index contributed by atoms with van der Waals surface area (Å²) in [5.74, 6) is -2.77. The topological polar surface area (TPSA) is 55.7 Å². The maximum atomic E-state index is 13.8. The van der Waals surface area contributed by atoms with Crippen LogP contribution in [0, 0.1) is 5.92 Å². The van der Waals surface area contributed by atoms with Gasteiger partial charge in [-0.15, -0.1) is 0 Å². The summed E-state index contributed by atoms with van der Waals surface area (Å²) >= 11 is 0. The highest BCUT2D eigenvalue weighted by Gasteiger charge is 2.46. The van der Waals surface area contributed by atoms with Gasteiger partial charge in [0.25, 0.3) is 0 Å². The maximum absolute atomic E-state index is 13.8. The fourth-order valence-corrected chi connectivity index (χ4v) is 4.13. The zero-order chi connectivity index (χ0) is 21.2. The minimum Gasteiger partial charge on any atom is -0.462 e. The van der Waals surface area contributed by atoms with Crippen molar-refractivity contribution in [3.05, 3.63) is 46.7 Å². The molecule has 1 saturated carbocycles. The lowest BCUT2D eigenvalue weighted by Crippen LogP contribution is -2.39. The highest BCUT2D eigenvalue weighted by Crippen LogP contribution is 2.46. The number of ketones is 1. The Hall–Kier alpha value is -2.44. The van der Waals surface area contributed by atoms with E-state index in [1.807, 2.05) is 6.92 Å². The zero-order valence-corrected chi connectivity index (χ0v) is 16.5. The number of fused-ring (bicyclic) bond motifs is 1. The average molecular weight is 407 g/mol. The first-order chi connectivity index (χ1) is 13.8. The van der Waals surface area contributed by atoms with Crippen molar-refractivity contribution in [2.75, 3.05) is 6.61 Å². The molecular weight excluding hydrogens is 383 g/mol. The molecule has 0 unspecified atom stereocenters. The molecule has 2 atom stereocenters. The predicted octanol–water partition coefficient (Wildman–Crippen LogP) is 5.23. The van der Waals surface area contributed by atoms with Crippen LogP contribution in [-0.4, -0.2) is 24.1 Å². The van der Waals surface area contributed by atoms with Crippen molar-refractivity contribution in [3.8, 4) is 0 Å². The number of aliphatic imine (C=N–C) groups is 1. The molecule has 0 amide bonds. The molecule has 1 aromatic carbocycles. The van der Waals surface area contributed by atoms with Crippen molar-refractivity contribution in [3.63, 3.8) is 0 Å². The molecule has 1 heterocycles. The van der Waals surface area contributed by atoms with Gasteiger partial charge in [-0.1, -0.05) is 31.5 Å². The lowest BCUT2D eigenvalue weighted by Gasteiger charge is -2.36. The molecule has 0 radical (unpaired) electrons. The first kappa shape index (κ1) is 21.3. The number of hydrogen-bond donors (Lipinski definition) is 0. The number of benzene rings is 1. The SMILES string of the molecule is CCCCOC(=O)C1=C(C)N=C2CCCC(=O)[C@@H]2[C@H]1c1ccccc1C(F)(F)F. The highest BCUT2D eigenvalue weighted by atomic mass is 19.4. The second kappa shape index (κ2) is 8.51. The third-order valence-corrected chi connectivity index (χ3v) is 5.46. The van der Waals surface area contributed by atoms with Gasteiger partial charge in [-0.25, -0.2) is 4.79 Å². The van der Waals surface area contributed by atoms with E-state index in [-0.39, 0.29) is 29.9 Å². The predicted molar refractivity (Wildman–Crippen MR) is 103 cm³/mol. The fraction of sp³-hybridized carbons (Fsp3) is 0.500. The second-order valence-corrected chi connectivity index (χ2v) is 7.45. The summed E-state index contributed by atoms with van der Waals surface area (Å²) in [4.78, 5) is 30.1. The summed E-state index contributed by atoms with van der Waals surface area (Å²) in [5.41, 5.74) is 0.0350. The molecule has 0 aromatic heterocycles. The smallest absolute Gasteiger partial charge is 0.416 e. The number of ether oxygens (including phenoxy) is 1. The van der Waals surface area contributed by atoms with Crippen LogP contribution in [0.4, 0.5) is 13.2 Å². The van der Waals surface area contributed by atoms with E-state index in [0.717, 1.165) is 12.5 Å². The average Bonchev–Trinajstić information content (AvgIpc) is 2.66. The summed E-state index contributed by atoms with van der Waals surface area (Å²) in [6.45, 7) is 3.72. The van der Waals surface area contributed by atoms with Crippen molar-refractivity contribution in [2.24, 2.45) is 10.9 Å². The Bertz CT molecular complexity index is 870. The summed E-state index contributed by atoms with van der Waals surface area (Å²) in [7, 11) is 0. The van der Waals surface area contributed by atoms with Crippen molar-refractivity contribution < 1.29 is 27.5 Å². The van der Waals surface area contributed by atoms with Crippen LogP contribution in [0.3, 0.4) is 0 Å². The minimum absolute atomic E-state index is 0.0572. The number of nitrogens with zero attached hydrogens (tertiary/aromatic N) is 1. The van der Waals surface area contributed by atoms with Crippen LogP contribution in [0.2, 0.25) is 0 Å². The minimum atomic E-state index is -4.60. The second-order valence-electron chi connectivity index (χ2n) is 7.45. The van der Waals surface area contributed by atoms with Crippen LogP contribution in [-0.2, 0) is 20.5 Å². The van der Waals surface area contributed by atoms with E-state index in [9.17, 15) is 22.8 Å². The Morgan fingerprint density at radius 2 is 1.93 bits per heavy atom. The normalized spacial score (nSPS) is 22.2. The number of carbonyl (C=O) groups is 2. The van der Waals surface area contributed by atoms with Crippen molar-refractivity contribution in [1.82, 2.24) is 0 Å². The van der Waals surface area contributed by atoms with Crippen LogP contribution in [0.25, 0.3) is 0 Å². The standard InChI is InChI=1S/C22H24F3NO3/c1-3-4-12-29-21(28)18-13(2)26-16-10-7-11-17(27)20(16)19(18)14-8-5-6-9-15(14)22(23,24)25/h5-6,8-9,19-20H,3-4,7,10-12H2,1-2H3/t19-,20+/m0/s1. The largest absolute Gasteiger partial charge is 0.462 e. The Morgan fingerprint density at radius 3 is 2.62 bits per heavy atom. The molecule has 1 aliphatic carbocycles. The van der Waals surface area contributed by atoms with Gasteiger partial charge < -0.3 is 4.74 Å². The van der Waals surface area contributed by atoms with Gasteiger partial charge in [0.15, 0.2) is 0 Å². The van der Waals surface area contributed by atoms with Crippen molar-refractivity contribution >= 4 is 17.5 Å². The number of halogens is 3. The molecule has 1 aromatic rings. The van der Waals surface area contributed by atoms with Gasteiger partial charge in [-0.2, -0.15) is 13.2 Å². The van der Waals surface area contributed by atoms with Gasteiger partial charge in [0.05, 0.1) is 23.7 Å². The Kier molecular flexibility index (Phi) is 6.24. The first-order valence-corrected chi connectivity index (χ1v) is 9.89. The lowest BCUT2D eigenvalue weighted by molar-refractivity contribution is -0.141. The third-order valence-electron chi connectivity index (χ3n) is 5.46. The van der Waals surface area contributed by atoms with E-state index in [2.05, 4.69) is 4.99 Å².